The van der Waals surface area contributed by atoms with E-state index in [1.54, 1.807) is 0 Å². The van der Waals surface area contributed by atoms with Gasteiger partial charge in [0, 0.05) is 30.4 Å². The van der Waals surface area contributed by atoms with Gasteiger partial charge in [-0.05, 0) is 54.0 Å². The maximum Gasteiger partial charge on any atom is 0.144 e. The summed E-state index contributed by atoms with van der Waals surface area (Å²) in [6.45, 7) is 13.2. The smallest absolute Gasteiger partial charge is 0.144 e. The van der Waals surface area contributed by atoms with Crippen molar-refractivity contribution in [2.45, 2.75) is 53.4 Å². The Labute approximate surface area is 150 Å². The summed E-state index contributed by atoms with van der Waals surface area (Å²) in [5.74, 6) is 0.975. The van der Waals surface area contributed by atoms with E-state index in [2.05, 4.69) is 75.5 Å². The van der Waals surface area contributed by atoms with Crippen molar-refractivity contribution in [3.05, 3.63) is 65.2 Å². The quantitative estimate of drug-likeness (QED) is 0.641. The summed E-state index contributed by atoms with van der Waals surface area (Å²) in [4.78, 5) is 9.04. The summed E-state index contributed by atoms with van der Waals surface area (Å²) in [5, 5.41) is 0. The van der Waals surface area contributed by atoms with Gasteiger partial charge in [-0.1, -0.05) is 39.8 Å². The van der Waals surface area contributed by atoms with E-state index in [4.69, 9.17) is 4.98 Å². The third-order valence-electron chi connectivity index (χ3n) is 4.71. The average molecular weight is 333 g/mol. The van der Waals surface area contributed by atoms with Crippen molar-refractivity contribution in [1.29, 1.82) is 0 Å². The first-order chi connectivity index (χ1) is 11.8. The molecule has 0 bridgehead atoms. The van der Waals surface area contributed by atoms with Crippen LogP contribution in [-0.4, -0.2) is 14.5 Å². The first-order valence-electron chi connectivity index (χ1n) is 8.91. The van der Waals surface area contributed by atoms with Crippen LogP contribution in [0, 0.1) is 13.8 Å². The zero-order chi connectivity index (χ0) is 18.2. The number of imidazole rings is 1. The van der Waals surface area contributed by atoms with E-state index in [1.807, 2.05) is 18.6 Å². The third kappa shape index (κ3) is 3.23. The Balaban J connectivity index is 2.22. The van der Waals surface area contributed by atoms with Gasteiger partial charge in [0.25, 0.3) is 0 Å². The van der Waals surface area contributed by atoms with Crippen molar-refractivity contribution >= 4 is 0 Å². The second-order valence-corrected chi connectivity index (χ2v) is 7.72. The Kier molecular flexibility index (Phi) is 4.51. The van der Waals surface area contributed by atoms with Gasteiger partial charge in [0.05, 0.1) is 5.69 Å². The number of hydrogen-bond donors (Lipinski definition) is 0. The fraction of sp³-hybridized carbons (Fsp3) is 0.364. The summed E-state index contributed by atoms with van der Waals surface area (Å²) < 4.78 is 2.22. The number of rotatable bonds is 3. The normalized spacial score (nSPS) is 11.8. The Morgan fingerprint density at radius 2 is 1.72 bits per heavy atom. The van der Waals surface area contributed by atoms with Crippen LogP contribution in [0.1, 0.15) is 49.9 Å². The lowest BCUT2D eigenvalue weighted by Gasteiger charge is -2.23. The fourth-order valence-corrected chi connectivity index (χ4v) is 3.50. The Bertz CT molecular complexity index is 875. The molecule has 2 aromatic heterocycles. The number of benzene rings is 1. The van der Waals surface area contributed by atoms with Gasteiger partial charge in [0.2, 0.25) is 0 Å². The Morgan fingerprint density at radius 1 is 1.04 bits per heavy atom. The van der Waals surface area contributed by atoms with E-state index in [1.165, 1.54) is 27.9 Å². The van der Waals surface area contributed by atoms with Crippen molar-refractivity contribution < 1.29 is 0 Å². The van der Waals surface area contributed by atoms with Crippen LogP contribution < -0.4 is 0 Å². The van der Waals surface area contributed by atoms with Crippen LogP contribution in [0.15, 0.2) is 43.0 Å². The lowest BCUT2D eigenvalue weighted by molar-refractivity contribution is 0.588. The Morgan fingerprint density at radius 3 is 2.32 bits per heavy atom. The van der Waals surface area contributed by atoms with Crippen molar-refractivity contribution in [2.24, 2.45) is 0 Å². The van der Waals surface area contributed by atoms with Gasteiger partial charge in [-0.2, -0.15) is 0 Å². The second kappa shape index (κ2) is 6.47. The molecule has 0 saturated heterocycles. The highest BCUT2D eigenvalue weighted by Crippen LogP contribution is 2.33. The maximum atomic E-state index is 4.70. The summed E-state index contributed by atoms with van der Waals surface area (Å²) >= 11 is 0. The van der Waals surface area contributed by atoms with Gasteiger partial charge < -0.3 is 0 Å². The fourth-order valence-electron chi connectivity index (χ4n) is 3.50. The standard InChI is InChI=1S/C22H27N3/c1-7-17-12-15(2)20(16(3)13-17)25-11-10-24-21(25)18-8-9-23-14-19(18)22(4,5)6/h8-14H,7H2,1-6H3. The molecular weight excluding hydrogens is 306 g/mol. The van der Waals surface area contributed by atoms with Crippen molar-refractivity contribution in [3.8, 4) is 17.1 Å². The molecule has 0 aliphatic heterocycles. The molecule has 3 nitrogen and oxygen atoms in total. The highest BCUT2D eigenvalue weighted by molar-refractivity contribution is 5.65. The molecule has 0 atom stereocenters. The van der Waals surface area contributed by atoms with Crippen LogP contribution in [0.3, 0.4) is 0 Å². The SMILES string of the molecule is CCc1cc(C)c(-n2ccnc2-c2ccncc2C(C)(C)C)c(C)c1. The highest BCUT2D eigenvalue weighted by Gasteiger charge is 2.22. The second-order valence-electron chi connectivity index (χ2n) is 7.72. The van der Waals surface area contributed by atoms with Gasteiger partial charge in [0.1, 0.15) is 5.82 Å². The first-order valence-corrected chi connectivity index (χ1v) is 8.91. The van der Waals surface area contributed by atoms with E-state index in [0.717, 1.165) is 17.8 Å². The van der Waals surface area contributed by atoms with Crippen molar-refractivity contribution in [2.75, 3.05) is 0 Å². The molecule has 0 radical (unpaired) electrons. The molecule has 0 aliphatic rings. The predicted molar refractivity (Wildman–Crippen MR) is 104 cm³/mol. The molecule has 0 N–H and O–H groups in total. The lowest BCUT2D eigenvalue weighted by Crippen LogP contribution is -2.14. The molecule has 3 rings (SSSR count). The van der Waals surface area contributed by atoms with E-state index < -0.39 is 0 Å². The molecule has 25 heavy (non-hydrogen) atoms. The van der Waals surface area contributed by atoms with Gasteiger partial charge in [-0.25, -0.2) is 4.98 Å². The van der Waals surface area contributed by atoms with Crippen LogP contribution in [0.5, 0.6) is 0 Å². The van der Waals surface area contributed by atoms with Crippen LogP contribution >= 0.6 is 0 Å². The van der Waals surface area contributed by atoms with E-state index in [9.17, 15) is 0 Å². The molecule has 0 spiro atoms. The summed E-state index contributed by atoms with van der Waals surface area (Å²) in [6, 6.07) is 6.64. The summed E-state index contributed by atoms with van der Waals surface area (Å²) in [7, 11) is 0. The predicted octanol–water partition coefficient (Wildman–Crippen LogP) is 5.41. The topological polar surface area (TPSA) is 30.7 Å². The molecule has 0 saturated carbocycles. The molecular formula is C22H27N3. The molecule has 1 aromatic carbocycles. The van der Waals surface area contributed by atoms with Gasteiger partial charge in [-0.15, -0.1) is 0 Å². The molecule has 3 heteroatoms. The minimum Gasteiger partial charge on any atom is -0.299 e. The van der Waals surface area contributed by atoms with Crippen LogP contribution in [0.2, 0.25) is 0 Å². The average Bonchev–Trinajstić information content (AvgIpc) is 3.02. The van der Waals surface area contributed by atoms with E-state index in [0.29, 0.717) is 0 Å². The zero-order valence-electron chi connectivity index (χ0n) is 16.1. The number of hydrogen-bond acceptors (Lipinski definition) is 2. The lowest BCUT2D eigenvalue weighted by atomic mass is 9.85. The molecule has 0 fully saturated rings. The molecule has 3 aromatic rings. The minimum absolute atomic E-state index is 0.0104. The minimum atomic E-state index is 0.0104. The number of aromatic nitrogens is 3. The van der Waals surface area contributed by atoms with Gasteiger partial charge in [0.15, 0.2) is 0 Å². The molecule has 130 valence electrons. The van der Waals surface area contributed by atoms with Crippen molar-refractivity contribution in [3.63, 3.8) is 0 Å². The first kappa shape index (κ1) is 17.4. The third-order valence-corrected chi connectivity index (χ3v) is 4.71. The molecule has 0 aliphatic carbocycles. The van der Waals surface area contributed by atoms with E-state index in [-0.39, 0.29) is 5.41 Å². The maximum absolute atomic E-state index is 4.70. The highest BCUT2D eigenvalue weighted by atomic mass is 15.1. The van der Waals surface area contributed by atoms with Gasteiger partial charge in [-0.3, -0.25) is 9.55 Å². The Hall–Kier alpha value is -2.42. The van der Waals surface area contributed by atoms with Crippen molar-refractivity contribution in [1.82, 2.24) is 14.5 Å². The van der Waals surface area contributed by atoms with Crippen LogP contribution in [-0.2, 0) is 11.8 Å². The van der Waals surface area contributed by atoms with Crippen LogP contribution in [0.4, 0.5) is 0 Å². The number of pyridine rings is 1. The van der Waals surface area contributed by atoms with E-state index >= 15 is 0 Å². The monoisotopic (exact) mass is 333 g/mol. The summed E-state index contributed by atoms with van der Waals surface area (Å²) in [6.07, 6.45) is 8.81. The van der Waals surface area contributed by atoms with Crippen LogP contribution in [0.25, 0.3) is 17.1 Å². The molecule has 0 unspecified atom stereocenters. The number of nitrogens with zero attached hydrogens (tertiary/aromatic N) is 3. The molecule has 2 heterocycles. The van der Waals surface area contributed by atoms with Gasteiger partial charge >= 0.3 is 0 Å². The largest absolute Gasteiger partial charge is 0.299 e. The number of aryl methyl sites for hydroxylation is 3. The zero-order valence-corrected chi connectivity index (χ0v) is 16.1. The summed E-state index contributed by atoms with van der Waals surface area (Å²) in [5.41, 5.74) is 7.52. The molecule has 0 amide bonds.